The number of amides is 1. The van der Waals surface area contributed by atoms with Gasteiger partial charge in [-0.25, -0.2) is 0 Å². The zero-order valence-corrected chi connectivity index (χ0v) is 12.0. The van der Waals surface area contributed by atoms with E-state index in [4.69, 9.17) is 11.6 Å². The highest BCUT2D eigenvalue weighted by molar-refractivity contribution is 6.18. The molecule has 4 unspecified atom stereocenters. The lowest BCUT2D eigenvalue weighted by Gasteiger charge is -2.25. The first-order chi connectivity index (χ1) is 9.22. The molecule has 0 N–H and O–H groups in total. The first-order valence-electron chi connectivity index (χ1n) is 7.13. The average molecular weight is 278 g/mol. The summed E-state index contributed by atoms with van der Waals surface area (Å²) in [6, 6.07) is 10.6. The van der Waals surface area contributed by atoms with Crippen molar-refractivity contribution in [1.82, 2.24) is 4.90 Å². The largest absolute Gasteiger partial charge is 0.338 e. The zero-order chi connectivity index (χ0) is 13.4. The standard InChI is InChI=1S/C16H20ClNO/c1-11-7-8-18(15(11)10-17)16(19)14-9-13(14)12-5-3-2-4-6-12/h2-6,11,13-15H,7-10H2,1H3. The molecular formula is C16H20ClNO. The Balaban J connectivity index is 1.67. The Morgan fingerprint density at radius 1 is 1.37 bits per heavy atom. The van der Waals surface area contributed by atoms with Crippen molar-refractivity contribution in [3.63, 3.8) is 0 Å². The predicted octanol–water partition coefficient (Wildman–Crippen LogP) is 3.27. The molecule has 3 rings (SSSR count). The highest BCUT2D eigenvalue weighted by atomic mass is 35.5. The number of likely N-dealkylation sites (tertiary alicyclic amines) is 1. The Hall–Kier alpha value is -1.02. The molecule has 1 aliphatic carbocycles. The van der Waals surface area contributed by atoms with E-state index in [-0.39, 0.29) is 12.0 Å². The Morgan fingerprint density at radius 2 is 2.11 bits per heavy atom. The molecule has 0 spiro atoms. The van der Waals surface area contributed by atoms with Gasteiger partial charge in [-0.2, -0.15) is 0 Å². The molecule has 0 radical (unpaired) electrons. The van der Waals surface area contributed by atoms with Crippen LogP contribution in [0.2, 0.25) is 0 Å². The first-order valence-corrected chi connectivity index (χ1v) is 7.67. The Kier molecular flexibility index (Phi) is 3.53. The summed E-state index contributed by atoms with van der Waals surface area (Å²) >= 11 is 6.03. The Morgan fingerprint density at radius 3 is 2.79 bits per heavy atom. The second-order valence-corrected chi connectivity index (χ2v) is 6.19. The zero-order valence-electron chi connectivity index (χ0n) is 11.3. The van der Waals surface area contributed by atoms with Crippen molar-refractivity contribution < 1.29 is 4.79 Å². The fourth-order valence-electron chi connectivity index (χ4n) is 3.27. The van der Waals surface area contributed by atoms with Gasteiger partial charge in [-0.1, -0.05) is 37.3 Å². The minimum Gasteiger partial charge on any atom is -0.338 e. The molecule has 1 saturated heterocycles. The maximum atomic E-state index is 12.6. The van der Waals surface area contributed by atoms with Crippen molar-refractivity contribution in [3.05, 3.63) is 35.9 Å². The lowest BCUT2D eigenvalue weighted by atomic mass is 10.0. The summed E-state index contributed by atoms with van der Waals surface area (Å²) in [5, 5.41) is 0. The number of benzene rings is 1. The number of nitrogens with zero attached hydrogens (tertiary/aromatic N) is 1. The van der Waals surface area contributed by atoms with Crippen molar-refractivity contribution in [2.75, 3.05) is 12.4 Å². The van der Waals surface area contributed by atoms with Gasteiger partial charge in [0.15, 0.2) is 0 Å². The van der Waals surface area contributed by atoms with E-state index in [0.717, 1.165) is 19.4 Å². The molecule has 1 amide bonds. The van der Waals surface area contributed by atoms with E-state index in [1.165, 1.54) is 5.56 Å². The quantitative estimate of drug-likeness (QED) is 0.777. The van der Waals surface area contributed by atoms with Crippen LogP contribution in [0, 0.1) is 11.8 Å². The minimum atomic E-state index is 0.193. The van der Waals surface area contributed by atoms with Crippen molar-refractivity contribution in [2.45, 2.75) is 31.7 Å². The summed E-state index contributed by atoms with van der Waals surface area (Å²) in [6.07, 6.45) is 2.09. The van der Waals surface area contributed by atoms with Crippen LogP contribution in [0.3, 0.4) is 0 Å². The molecule has 4 atom stereocenters. The summed E-state index contributed by atoms with van der Waals surface area (Å²) in [7, 11) is 0. The number of rotatable bonds is 3. The van der Waals surface area contributed by atoms with E-state index in [9.17, 15) is 4.79 Å². The molecule has 0 bridgehead atoms. The van der Waals surface area contributed by atoms with Gasteiger partial charge in [-0.05, 0) is 30.2 Å². The van der Waals surface area contributed by atoms with E-state index in [2.05, 4.69) is 31.2 Å². The summed E-state index contributed by atoms with van der Waals surface area (Å²) < 4.78 is 0. The van der Waals surface area contributed by atoms with Gasteiger partial charge in [-0.15, -0.1) is 11.6 Å². The molecule has 2 nitrogen and oxygen atoms in total. The van der Waals surface area contributed by atoms with Crippen molar-refractivity contribution >= 4 is 17.5 Å². The third-order valence-corrected chi connectivity index (χ3v) is 4.98. The average Bonchev–Trinajstić information content (AvgIpc) is 3.16. The highest BCUT2D eigenvalue weighted by Gasteiger charge is 2.48. The molecule has 19 heavy (non-hydrogen) atoms. The van der Waals surface area contributed by atoms with E-state index < -0.39 is 0 Å². The molecule has 102 valence electrons. The summed E-state index contributed by atoms with van der Waals surface area (Å²) in [5.74, 6) is 2.05. The van der Waals surface area contributed by atoms with E-state index in [1.807, 2.05) is 11.0 Å². The molecule has 1 aromatic carbocycles. The van der Waals surface area contributed by atoms with Crippen LogP contribution in [0.25, 0.3) is 0 Å². The van der Waals surface area contributed by atoms with Crippen LogP contribution in [-0.4, -0.2) is 29.3 Å². The van der Waals surface area contributed by atoms with E-state index >= 15 is 0 Å². The Bertz CT molecular complexity index is 461. The lowest BCUT2D eigenvalue weighted by molar-refractivity contribution is -0.133. The van der Waals surface area contributed by atoms with Crippen LogP contribution < -0.4 is 0 Å². The summed E-state index contributed by atoms with van der Waals surface area (Å²) in [4.78, 5) is 14.6. The molecule has 2 aliphatic rings. The fourth-order valence-corrected chi connectivity index (χ4v) is 3.74. The van der Waals surface area contributed by atoms with Crippen molar-refractivity contribution in [3.8, 4) is 0 Å². The summed E-state index contributed by atoms with van der Waals surface area (Å²) in [6.45, 7) is 3.08. The van der Waals surface area contributed by atoms with Gasteiger partial charge >= 0.3 is 0 Å². The SMILES string of the molecule is CC1CCN(C(=O)C2CC2c2ccccc2)C1CCl. The van der Waals surface area contributed by atoms with E-state index in [0.29, 0.717) is 23.6 Å². The van der Waals surface area contributed by atoms with Crippen LogP contribution in [0.4, 0.5) is 0 Å². The number of carbonyl (C=O) groups is 1. The van der Waals surface area contributed by atoms with Gasteiger partial charge in [0.25, 0.3) is 0 Å². The second kappa shape index (κ2) is 5.16. The molecule has 1 aliphatic heterocycles. The Labute approximate surface area is 119 Å². The lowest BCUT2D eigenvalue weighted by Crippen LogP contribution is -2.39. The van der Waals surface area contributed by atoms with Gasteiger partial charge in [0, 0.05) is 24.4 Å². The molecule has 0 aromatic heterocycles. The maximum absolute atomic E-state index is 12.6. The second-order valence-electron chi connectivity index (χ2n) is 5.88. The van der Waals surface area contributed by atoms with Gasteiger partial charge in [0.1, 0.15) is 0 Å². The van der Waals surface area contributed by atoms with Gasteiger partial charge < -0.3 is 4.90 Å². The third kappa shape index (κ3) is 2.38. The predicted molar refractivity (Wildman–Crippen MR) is 77.3 cm³/mol. The molecule has 2 fully saturated rings. The number of carbonyl (C=O) groups excluding carboxylic acids is 1. The smallest absolute Gasteiger partial charge is 0.226 e. The molecule has 1 heterocycles. The van der Waals surface area contributed by atoms with Gasteiger partial charge in [-0.3, -0.25) is 4.79 Å². The first kappa shape index (κ1) is 13.0. The molecular weight excluding hydrogens is 258 g/mol. The molecule has 1 saturated carbocycles. The van der Waals surface area contributed by atoms with Gasteiger partial charge in [0.2, 0.25) is 5.91 Å². The monoisotopic (exact) mass is 277 g/mol. The maximum Gasteiger partial charge on any atom is 0.226 e. The van der Waals surface area contributed by atoms with Crippen molar-refractivity contribution in [1.29, 1.82) is 0 Å². The minimum absolute atomic E-state index is 0.193. The highest BCUT2D eigenvalue weighted by Crippen LogP contribution is 2.49. The van der Waals surface area contributed by atoms with Crippen LogP contribution >= 0.6 is 11.6 Å². The van der Waals surface area contributed by atoms with Gasteiger partial charge in [0.05, 0.1) is 0 Å². The van der Waals surface area contributed by atoms with Crippen LogP contribution in [-0.2, 0) is 4.79 Å². The number of hydrogen-bond donors (Lipinski definition) is 0. The van der Waals surface area contributed by atoms with E-state index in [1.54, 1.807) is 0 Å². The topological polar surface area (TPSA) is 20.3 Å². The number of halogens is 1. The number of hydrogen-bond acceptors (Lipinski definition) is 1. The number of alkyl halides is 1. The third-order valence-electron chi connectivity index (χ3n) is 4.66. The fraction of sp³-hybridized carbons (Fsp3) is 0.562. The molecule has 1 aromatic rings. The van der Waals surface area contributed by atoms with Crippen molar-refractivity contribution in [2.24, 2.45) is 11.8 Å². The van der Waals surface area contributed by atoms with Crippen LogP contribution in [0.15, 0.2) is 30.3 Å². The van der Waals surface area contributed by atoms with Crippen LogP contribution in [0.5, 0.6) is 0 Å². The van der Waals surface area contributed by atoms with Crippen LogP contribution in [0.1, 0.15) is 31.2 Å². The normalized spacial score (nSPS) is 33.5. The summed E-state index contributed by atoms with van der Waals surface area (Å²) in [5.41, 5.74) is 1.30. The molecule has 3 heteroatoms.